The number of rotatable bonds is 6. The van der Waals surface area contributed by atoms with Gasteiger partial charge in [-0.15, -0.1) is 0 Å². The van der Waals surface area contributed by atoms with Gasteiger partial charge in [-0.05, 0) is 36.9 Å². The van der Waals surface area contributed by atoms with Crippen LogP contribution < -0.4 is 19.5 Å². The Morgan fingerprint density at radius 1 is 1.27 bits per heavy atom. The fraction of sp³-hybridized carbons (Fsp3) is 0.278. The van der Waals surface area contributed by atoms with Crippen molar-refractivity contribution in [2.45, 2.75) is 17.4 Å². The van der Waals surface area contributed by atoms with E-state index >= 15 is 0 Å². The van der Waals surface area contributed by atoms with Crippen LogP contribution in [-0.2, 0) is 16.4 Å². The maximum absolute atomic E-state index is 12.4. The lowest BCUT2D eigenvalue weighted by Crippen LogP contribution is -2.34. The van der Waals surface area contributed by atoms with Crippen molar-refractivity contribution in [1.82, 2.24) is 10.0 Å². The van der Waals surface area contributed by atoms with Crippen molar-refractivity contribution in [3.05, 3.63) is 53.6 Å². The van der Waals surface area contributed by atoms with E-state index < -0.39 is 10.0 Å². The van der Waals surface area contributed by atoms with Crippen LogP contribution in [0.3, 0.4) is 0 Å². The average Bonchev–Trinajstić information content (AvgIpc) is 3.08. The summed E-state index contributed by atoms with van der Waals surface area (Å²) in [6.07, 6.45) is 0.577. The minimum absolute atomic E-state index is 0.0836. The van der Waals surface area contributed by atoms with Crippen LogP contribution in [0.25, 0.3) is 0 Å². The molecule has 2 aromatic rings. The molecule has 0 bridgehead atoms. The normalized spacial score (nSPS) is 15.8. The number of hydrogen-bond acceptors (Lipinski definition) is 5. The van der Waals surface area contributed by atoms with Crippen LogP contribution in [0.5, 0.6) is 11.5 Å². The van der Waals surface area contributed by atoms with E-state index in [1.807, 2.05) is 24.3 Å². The SMILES string of the molecule is CNS(=O)(=O)c1cc(C(=O)NC[C@@H]2Cc3ccccc3O2)ccc1OC. The second-order valence-electron chi connectivity index (χ2n) is 5.83. The molecule has 0 radical (unpaired) electrons. The molecule has 0 saturated heterocycles. The average molecular weight is 376 g/mol. The lowest BCUT2D eigenvalue weighted by molar-refractivity contribution is 0.0933. The molecule has 2 N–H and O–H groups in total. The molecule has 0 unspecified atom stereocenters. The summed E-state index contributed by atoms with van der Waals surface area (Å²) >= 11 is 0. The van der Waals surface area contributed by atoms with E-state index in [0.29, 0.717) is 6.54 Å². The monoisotopic (exact) mass is 376 g/mol. The Labute approximate surface area is 152 Å². The molecule has 1 heterocycles. The summed E-state index contributed by atoms with van der Waals surface area (Å²) in [7, 11) is -1.07. The van der Waals surface area contributed by atoms with Crippen LogP contribution in [0.15, 0.2) is 47.4 Å². The number of methoxy groups -OCH3 is 1. The van der Waals surface area contributed by atoms with Crippen molar-refractivity contribution in [2.24, 2.45) is 0 Å². The second kappa shape index (κ2) is 7.35. The van der Waals surface area contributed by atoms with Crippen molar-refractivity contribution < 1.29 is 22.7 Å². The number of fused-ring (bicyclic) bond motifs is 1. The van der Waals surface area contributed by atoms with Gasteiger partial charge in [0.15, 0.2) is 0 Å². The molecule has 0 aromatic heterocycles. The highest BCUT2D eigenvalue weighted by molar-refractivity contribution is 7.89. The van der Waals surface area contributed by atoms with Gasteiger partial charge in [0.25, 0.3) is 5.91 Å². The van der Waals surface area contributed by atoms with Gasteiger partial charge in [0.1, 0.15) is 22.5 Å². The molecular formula is C18H20N2O5S. The van der Waals surface area contributed by atoms with Crippen LogP contribution in [0.1, 0.15) is 15.9 Å². The quantitative estimate of drug-likeness (QED) is 0.793. The number of benzene rings is 2. The molecule has 0 saturated carbocycles. The number of ether oxygens (including phenoxy) is 2. The lowest BCUT2D eigenvalue weighted by atomic mass is 10.1. The van der Waals surface area contributed by atoms with Crippen LogP contribution in [0.4, 0.5) is 0 Å². The maximum Gasteiger partial charge on any atom is 0.251 e. The minimum atomic E-state index is -3.74. The van der Waals surface area contributed by atoms with Crippen LogP contribution in [-0.4, -0.2) is 41.1 Å². The summed E-state index contributed by atoms with van der Waals surface area (Å²) in [5.41, 5.74) is 1.34. The van der Waals surface area contributed by atoms with Gasteiger partial charge in [0, 0.05) is 12.0 Å². The van der Waals surface area contributed by atoms with E-state index in [1.165, 1.54) is 32.4 Å². The molecule has 2 aromatic carbocycles. The minimum Gasteiger partial charge on any atom is -0.495 e. The second-order valence-corrected chi connectivity index (χ2v) is 7.69. The summed E-state index contributed by atoms with van der Waals surface area (Å²) in [5, 5.41) is 2.79. The molecule has 26 heavy (non-hydrogen) atoms. The zero-order valence-corrected chi connectivity index (χ0v) is 15.3. The Balaban J connectivity index is 1.70. The Hall–Kier alpha value is -2.58. The van der Waals surface area contributed by atoms with E-state index in [1.54, 1.807) is 0 Å². The van der Waals surface area contributed by atoms with Gasteiger partial charge in [0.2, 0.25) is 10.0 Å². The number of carbonyl (C=O) groups excluding carboxylic acids is 1. The van der Waals surface area contributed by atoms with Gasteiger partial charge < -0.3 is 14.8 Å². The Kier molecular flexibility index (Phi) is 5.15. The fourth-order valence-electron chi connectivity index (χ4n) is 2.81. The van der Waals surface area contributed by atoms with Gasteiger partial charge in [0.05, 0.1) is 13.7 Å². The first-order valence-corrected chi connectivity index (χ1v) is 9.57. The molecular weight excluding hydrogens is 356 g/mol. The molecule has 0 fully saturated rings. The predicted octanol–water partition coefficient (Wildman–Crippen LogP) is 1.34. The highest BCUT2D eigenvalue weighted by atomic mass is 32.2. The first-order valence-electron chi connectivity index (χ1n) is 8.09. The van der Waals surface area contributed by atoms with Crippen LogP contribution in [0, 0.1) is 0 Å². The largest absolute Gasteiger partial charge is 0.495 e. The van der Waals surface area contributed by atoms with Crippen LogP contribution >= 0.6 is 0 Å². The van der Waals surface area contributed by atoms with Crippen molar-refractivity contribution in [3.63, 3.8) is 0 Å². The number of carbonyl (C=O) groups is 1. The van der Waals surface area contributed by atoms with Crippen molar-refractivity contribution in [1.29, 1.82) is 0 Å². The molecule has 1 amide bonds. The third-order valence-corrected chi connectivity index (χ3v) is 5.62. The highest BCUT2D eigenvalue weighted by Gasteiger charge is 2.24. The summed E-state index contributed by atoms with van der Waals surface area (Å²) in [6.45, 7) is 0.327. The fourth-order valence-corrected chi connectivity index (χ4v) is 3.73. The van der Waals surface area contributed by atoms with Gasteiger partial charge in [-0.25, -0.2) is 13.1 Å². The Morgan fingerprint density at radius 3 is 2.73 bits per heavy atom. The first kappa shape index (κ1) is 18.2. The van der Waals surface area contributed by atoms with Crippen LogP contribution in [0.2, 0.25) is 0 Å². The molecule has 8 heteroatoms. The zero-order valence-electron chi connectivity index (χ0n) is 14.5. The number of sulfonamides is 1. The van der Waals surface area contributed by atoms with Gasteiger partial charge in [-0.2, -0.15) is 0 Å². The topological polar surface area (TPSA) is 93.7 Å². The Bertz CT molecular complexity index is 902. The maximum atomic E-state index is 12.4. The van der Waals surface area contributed by atoms with Crippen molar-refractivity contribution >= 4 is 15.9 Å². The first-order chi connectivity index (χ1) is 12.4. The van der Waals surface area contributed by atoms with Crippen molar-refractivity contribution in [2.75, 3.05) is 20.7 Å². The number of nitrogens with one attached hydrogen (secondary N) is 2. The Morgan fingerprint density at radius 2 is 2.04 bits per heavy atom. The summed E-state index contributed by atoms with van der Waals surface area (Å²) in [5.74, 6) is 0.629. The predicted molar refractivity (Wildman–Crippen MR) is 96.1 cm³/mol. The molecule has 1 atom stereocenters. The molecule has 0 spiro atoms. The van der Waals surface area contributed by atoms with Crippen molar-refractivity contribution in [3.8, 4) is 11.5 Å². The van der Waals surface area contributed by atoms with E-state index in [-0.39, 0.29) is 28.2 Å². The number of para-hydroxylation sites is 1. The van der Waals surface area contributed by atoms with E-state index in [4.69, 9.17) is 9.47 Å². The van der Waals surface area contributed by atoms with E-state index in [2.05, 4.69) is 10.0 Å². The summed E-state index contributed by atoms with van der Waals surface area (Å²) in [4.78, 5) is 12.3. The molecule has 1 aliphatic rings. The molecule has 0 aliphatic carbocycles. The molecule has 1 aliphatic heterocycles. The number of hydrogen-bond donors (Lipinski definition) is 2. The third kappa shape index (κ3) is 3.66. The van der Waals surface area contributed by atoms with E-state index in [9.17, 15) is 13.2 Å². The van der Waals surface area contributed by atoms with Gasteiger partial charge in [-0.3, -0.25) is 4.79 Å². The standard InChI is InChI=1S/C18H20N2O5S/c1-19-26(22,23)17-10-13(7-8-16(17)24-2)18(21)20-11-14-9-12-5-3-4-6-15(12)25-14/h3-8,10,14,19H,9,11H2,1-2H3,(H,20,21)/t14-/m0/s1. The summed E-state index contributed by atoms with van der Waals surface area (Å²) < 4.78 is 37.3. The zero-order chi connectivity index (χ0) is 18.7. The molecule has 138 valence electrons. The number of amides is 1. The van der Waals surface area contributed by atoms with Gasteiger partial charge >= 0.3 is 0 Å². The smallest absolute Gasteiger partial charge is 0.251 e. The molecule has 7 nitrogen and oxygen atoms in total. The lowest BCUT2D eigenvalue weighted by Gasteiger charge is -2.13. The van der Waals surface area contributed by atoms with E-state index in [0.717, 1.165) is 17.7 Å². The third-order valence-electron chi connectivity index (χ3n) is 4.19. The van der Waals surface area contributed by atoms with Gasteiger partial charge in [-0.1, -0.05) is 18.2 Å². The highest BCUT2D eigenvalue weighted by Crippen LogP contribution is 2.28. The molecule has 3 rings (SSSR count). The summed E-state index contributed by atoms with van der Waals surface area (Å²) in [6, 6.07) is 12.0.